The Bertz CT molecular complexity index is 512. The molecule has 1 rings (SSSR count). The zero-order chi connectivity index (χ0) is 13.8. The molecule has 0 amide bonds. The highest BCUT2D eigenvalue weighted by Gasteiger charge is 2.26. The van der Waals surface area contributed by atoms with Gasteiger partial charge in [-0.3, -0.25) is 9.89 Å². The molecule has 3 N–H and O–H groups in total. The third-order valence-electron chi connectivity index (χ3n) is 2.28. The number of nitrogens with one attached hydrogen (secondary N) is 2. The van der Waals surface area contributed by atoms with Gasteiger partial charge in [0.05, 0.1) is 11.9 Å². The lowest BCUT2D eigenvalue weighted by molar-refractivity contribution is -0.139. The number of rotatable bonds is 7. The smallest absolute Gasteiger partial charge is 0.321 e. The van der Waals surface area contributed by atoms with Gasteiger partial charge in [0, 0.05) is 0 Å². The van der Waals surface area contributed by atoms with Gasteiger partial charge in [-0.05, 0) is 25.4 Å². The molecular weight excluding hydrogens is 278 g/mol. The summed E-state index contributed by atoms with van der Waals surface area (Å²) in [6.07, 6.45) is 3.21. The molecular formula is C9H15N3O4S2. The minimum atomic E-state index is -3.86. The Balaban J connectivity index is 2.86. The van der Waals surface area contributed by atoms with E-state index in [0.29, 0.717) is 11.4 Å². The second kappa shape index (κ2) is 6.21. The number of aryl methyl sites for hydroxylation is 1. The van der Waals surface area contributed by atoms with Gasteiger partial charge in [0.1, 0.15) is 10.9 Å². The fraction of sp³-hybridized carbons (Fsp3) is 0.556. The standard InChI is InChI=1S/C9H15N3O4S2/c1-6-8(5-10-11-6)18(15,16)12-7(9(13)14)3-4-17-2/h5,7,12H,3-4H2,1-2H3,(H,10,11)(H,13,14)/t7-/m0/s1. The third kappa shape index (κ3) is 3.72. The molecule has 18 heavy (non-hydrogen) atoms. The van der Waals surface area contributed by atoms with E-state index in [1.807, 2.05) is 6.26 Å². The summed E-state index contributed by atoms with van der Waals surface area (Å²) in [7, 11) is -3.86. The van der Waals surface area contributed by atoms with Gasteiger partial charge in [0.25, 0.3) is 0 Å². The average molecular weight is 293 g/mol. The quantitative estimate of drug-likeness (QED) is 0.662. The minimum Gasteiger partial charge on any atom is -0.480 e. The molecule has 0 aliphatic rings. The van der Waals surface area contributed by atoms with E-state index in [2.05, 4.69) is 14.9 Å². The van der Waals surface area contributed by atoms with Crippen LogP contribution in [0.15, 0.2) is 11.1 Å². The summed E-state index contributed by atoms with van der Waals surface area (Å²) in [6, 6.07) is -1.13. The van der Waals surface area contributed by atoms with Crippen LogP contribution in [0.3, 0.4) is 0 Å². The second-order valence-corrected chi connectivity index (χ2v) is 6.32. The maximum absolute atomic E-state index is 12.0. The Labute approximate surface area is 109 Å². The van der Waals surface area contributed by atoms with Crippen molar-refractivity contribution in [2.45, 2.75) is 24.3 Å². The zero-order valence-corrected chi connectivity index (χ0v) is 11.6. The number of thioether (sulfide) groups is 1. The molecule has 0 spiro atoms. The predicted molar refractivity (Wildman–Crippen MR) is 68.1 cm³/mol. The van der Waals surface area contributed by atoms with Crippen molar-refractivity contribution in [2.24, 2.45) is 0 Å². The molecule has 0 saturated carbocycles. The highest BCUT2D eigenvalue weighted by Crippen LogP contribution is 2.12. The monoisotopic (exact) mass is 293 g/mol. The van der Waals surface area contributed by atoms with Crippen LogP contribution in [0.4, 0.5) is 0 Å². The van der Waals surface area contributed by atoms with Crippen molar-refractivity contribution < 1.29 is 18.3 Å². The van der Waals surface area contributed by atoms with Crippen LogP contribution in [-0.2, 0) is 14.8 Å². The van der Waals surface area contributed by atoms with E-state index in [9.17, 15) is 13.2 Å². The summed E-state index contributed by atoms with van der Waals surface area (Å²) in [4.78, 5) is 10.9. The van der Waals surface area contributed by atoms with Gasteiger partial charge >= 0.3 is 5.97 Å². The molecule has 0 aliphatic heterocycles. The molecule has 7 nitrogen and oxygen atoms in total. The van der Waals surface area contributed by atoms with Gasteiger partial charge in [-0.25, -0.2) is 8.42 Å². The maximum Gasteiger partial charge on any atom is 0.321 e. The molecule has 0 radical (unpaired) electrons. The number of sulfonamides is 1. The van der Waals surface area contributed by atoms with Crippen molar-refractivity contribution in [3.05, 3.63) is 11.9 Å². The number of aromatic nitrogens is 2. The van der Waals surface area contributed by atoms with Crippen LogP contribution in [0.5, 0.6) is 0 Å². The van der Waals surface area contributed by atoms with E-state index in [-0.39, 0.29) is 11.3 Å². The number of carbonyl (C=O) groups is 1. The normalized spacial score (nSPS) is 13.4. The van der Waals surface area contributed by atoms with Crippen LogP contribution in [-0.4, -0.2) is 47.7 Å². The fourth-order valence-corrected chi connectivity index (χ4v) is 3.16. The number of aliphatic carboxylic acids is 1. The lowest BCUT2D eigenvalue weighted by Gasteiger charge is -2.13. The van der Waals surface area contributed by atoms with Gasteiger partial charge < -0.3 is 5.11 Å². The zero-order valence-electron chi connectivity index (χ0n) is 10.0. The predicted octanol–water partition coefficient (Wildman–Crippen LogP) is 0.203. The average Bonchev–Trinajstić information content (AvgIpc) is 2.71. The topological polar surface area (TPSA) is 112 Å². The van der Waals surface area contributed by atoms with Crippen molar-refractivity contribution >= 4 is 27.8 Å². The van der Waals surface area contributed by atoms with E-state index in [1.165, 1.54) is 11.8 Å². The molecule has 0 bridgehead atoms. The van der Waals surface area contributed by atoms with Crippen molar-refractivity contribution in [3.8, 4) is 0 Å². The lowest BCUT2D eigenvalue weighted by atomic mass is 10.2. The summed E-state index contributed by atoms with van der Waals surface area (Å²) in [5, 5.41) is 15.1. The summed E-state index contributed by atoms with van der Waals surface area (Å²) < 4.78 is 26.1. The van der Waals surface area contributed by atoms with Gasteiger partial charge in [-0.2, -0.15) is 21.6 Å². The molecule has 0 fully saturated rings. The SMILES string of the molecule is CSCC[C@H](NS(=O)(=O)c1cn[nH]c1C)C(=O)O. The second-order valence-electron chi connectivity index (χ2n) is 3.65. The summed E-state index contributed by atoms with van der Waals surface area (Å²) >= 11 is 1.46. The maximum atomic E-state index is 12.0. The number of hydrogen-bond acceptors (Lipinski definition) is 5. The number of aromatic amines is 1. The van der Waals surface area contributed by atoms with Crippen molar-refractivity contribution in [3.63, 3.8) is 0 Å². The van der Waals surface area contributed by atoms with E-state index in [4.69, 9.17) is 5.11 Å². The summed E-state index contributed by atoms with van der Waals surface area (Å²) in [5.41, 5.74) is 0.372. The van der Waals surface area contributed by atoms with Gasteiger partial charge in [-0.1, -0.05) is 0 Å². The van der Waals surface area contributed by atoms with Crippen LogP contribution < -0.4 is 4.72 Å². The first-order chi connectivity index (χ1) is 8.38. The van der Waals surface area contributed by atoms with Crippen molar-refractivity contribution in [1.29, 1.82) is 0 Å². The minimum absolute atomic E-state index is 0.0297. The largest absolute Gasteiger partial charge is 0.480 e. The van der Waals surface area contributed by atoms with Gasteiger partial charge in [0.15, 0.2) is 0 Å². The van der Waals surface area contributed by atoms with Gasteiger partial charge in [-0.15, -0.1) is 0 Å². The molecule has 1 heterocycles. The Kier molecular flexibility index (Phi) is 5.17. The van der Waals surface area contributed by atoms with E-state index < -0.39 is 22.0 Å². The Morgan fingerprint density at radius 1 is 1.67 bits per heavy atom. The third-order valence-corrected chi connectivity index (χ3v) is 4.51. The fourth-order valence-electron chi connectivity index (χ4n) is 1.33. The number of hydrogen-bond donors (Lipinski definition) is 3. The van der Waals surface area contributed by atoms with Gasteiger partial charge in [0.2, 0.25) is 10.0 Å². The highest BCUT2D eigenvalue weighted by atomic mass is 32.2. The molecule has 1 aromatic rings. The molecule has 9 heteroatoms. The highest BCUT2D eigenvalue weighted by molar-refractivity contribution is 7.98. The summed E-state index contributed by atoms with van der Waals surface area (Å²) in [5.74, 6) is -0.627. The van der Waals surface area contributed by atoms with E-state index >= 15 is 0 Å². The lowest BCUT2D eigenvalue weighted by Crippen LogP contribution is -2.41. The Morgan fingerprint density at radius 3 is 2.78 bits per heavy atom. The van der Waals surface area contributed by atoms with Crippen LogP contribution in [0.25, 0.3) is 0 Å². The van der Waals surface area contributed by atoms with E-state index in [0.717, 1.165) is 6.20 Å². The van der Waals surface area contributed by atoms with Crippen LogP contribution in [0.1, 0.15) is 12.1 Å². The molecule has 1 atom stereocenters. The molecule has 0 saturated heterocycles. The van der Waals surface area contributed by atoms with E-state index in [1.54, 1.807) is 6.92 Å². The molecule has 102 valence electrons. The Hall–Kier alpha value is -1.06. The van der Waals surface area contributed by atoms with Crippen LogP contribution in [0.2, 0.25) is 0 Å². The number of nitrogens with zero attached hydrogens (tertiary/aromatic N) is 1. The van der Waals surface area contributed by atoms with Crippen molar-refractivity contribution in [2.75, 3.05) is 12.0 Å². The first kappa shape index (κ1) is 15.0. The molecule has 0 aromatic carbocycles. The van der Waals surface area contributed by atoms with Crippen LogP contribution >= 0.6 is 11.8 Å². The summed E-state index contributed by atoms with van der Waals surface area (Å²) in [6.45, 7) is 1.55. The molecule has 0 unspecified atom stereocenters. The number of carboxylic acid groups (broad SMARTS) is 1. The Morgan fingerprint density at radius 2 is 2.33 bits per heavy atom. The van der Waals surface area contributed by atoms with Crippen molar-refractivity contribution in [1.82, 2.24) is 14.9 Å². The number of H-pyrrole nitrogens is 1. The van der Waals surface area contributed by atoms with Crippen LogP contribution in [0, 0.1) is 6.92 Å². The first-order valence-electron chi connectivity index (χ1n) is 5.12. The molecule has 1 aromatic heterocycles. The number of carboxylic acids is 1. The molecule has 0 aliphatic carbocycles. The first-order valence-corrected chi connectivity index (χ1v) is 8.00.